The minimum Gasteiger partial charge on any atom is -0.600 e. The van der Waals surface area contributed by atoms with E-state index >= 15 is 0 Å². The molecule has 0 amide bonds. The fraction of sp³-hybridized carbons (Fsp3) is 0.944. The first-order valence-electron chi connectivity index (χ1n) is 9.98. The summed E-state index contributed by atoms with van der Waals surface area (Å²) in [5.74, 6) is 0.299. The third kappa shape index (κ3) is 4.55. The summed E-state index contributed by atoms with van der Waals surface area (Å²) in [4.78, 5) is 14.3. The topological polar surface area (TPSA) is 81.3 Å². The Hall–Kier alpha value is -0.530. The molecular formula is C18H34N3O3+. The summed E-state index contributed by atoms with van der Waals surface area (Å²) in [5.41, 5.74) is 0. The first-order chi connectivity index (χ1) is 11.6. The Kier molecular flexibility index (Phi) is 6.63. The number of hydrogen-bond donors (Lipinski definition) is 4. The number of carbonyl (C=O) groups excluding carboxylic acids is 1. The molecule has 0 spiro atoms. The number of ketones is 1. The van der Waals surface area contributed by atoms with E-state index in [0.29, 0.717) is 30.8 Å². The van der Waals surface area contributed by atoms with Gasteiger partial charge in [-0.2, -0.15) is 0 Å². The van der Waals surface area contributed by atoms with Crippen LogP contribution in [0.3, 0.4) is 0 Å². The normalized spacial score (nSPS) is 39.3. The van der Waals surface area contributed by atoms with E-state index in [-0.39, 0.29) is 12.0 Å². The van der Waals surface area contributed by atoms with Gasteiger partial charge < -0.3 is 15.4 Å². The van der Waals surface area contributed by atoms with Crippen molar-refractivity contribution in [2.24, 2.45) is 5.92 Å². The molecule has 3 aliphatic rings. The second-order valence-electron chi connectivity index (χ2n) is 8.11. The molecule has 2 heterocycles. The van der Waals surface area contributed by atoms with Crippen LogP contribution in [0.4, 0.5) is 0 Å². The van der Waals surface area contributed by atoms with Gasteiger partial charge in [0.05, 0.1) is 12.6 Å². The SMILES string of the molecule is O=C(C[NH+]1CCCCC1C1CCCCN1)C1CCCC([NH+]([O-])O)C1. The fourth-order valence-corrected chi connectivity index (χ4v) is 5.11. The molecule has 138 valence electrons. The maximum absolute atomic E-state index is 12.8. The van der Waals surface area contributed by atoms with E-state index in [9.17, 15) is 15.2 Å². The molecule has 24 heavy (non-hydrogen) atoms. The largest absolute Gasteiger partial charge is 0.600 e. The van der Waals surface area contributed by atoms with Gasteiger partial charge in [-0.25, -0.2) is 10.4 Å². The highest BCUT2D eigenvalue weighted by Gasteiger charge is 2.38. The average molecular weight is 340 g/mol. The molecule has 2 aliphatic heterocycles. The Balaban J connectivity index is 1.56. The summed E-state index contributed by atoms with van der Waals surface area (Å²) in [5, 5.41) is 23.5. The van der Waals surface area contributed by atoms with Crippen LogP contribution >= 0.6 is 0 Å². The van der Waals surface area contributed by atoms with Gasteiger partial charge in [0.15, 0.2) is 5.78 Å². The molecule has 4 N–H and O–H groups in total. The lowest BCUT2D eigenvalue weighted by Crippen LogP contribution is -3.19. The van der Waals surface area contributed by atoms with Gasteiger partial charge in [0.25, 0.3) is 0 Å². The van der Waals surface area contributed by atoms with Crippen molar-refractivity contribution in [2.75, 3.05) is 19.6 Å². The zero-order valence-electron chi connectivity index (χ0n) is 14.8. The molecule has 6 heteroatoms. The molecule has 0 aromatic carbocycles. The molecule has 0 bridgehead atoms. The summed E-state index contributed by atoms with van der Waals surface area (Å²) in [6.07, 6.45) is 10.6. The van der Waals surface area contributed by atoms with Crippen LogP contribution in [-0.4, -0.2) is 48.8 Å². The lowest BCUT2D eigenvalue weighted by molar-refractivity contribution is -1.07. The van der Waals surface area contributed by atoms with Crippen molar-refractivity contribution in [1.29, 1.82) is 0 Å². The molecule has 2 saturated heterocycles. The van der Waals surface area contributed by atoms with E-state index in [1.54, 1.807) is 0 Å². The van der Waals surface area contributed by atoms with Crippen molar-refractivity contribution in [1.82, 2.24) is 5.32 Å². The maximum atomic E-state index is 12.8. The van der Waals surface area contributed by atoms with Gasteiger partial charge in [-0.1, -0.05) is 6.42 Å². The zero-order valence-corrected chi connectivity index (χ0v) is 14.8. The molecule has 3 rings (SSSR count). The standard InChI is InChI=1S/C18H33N3O3/c22-18(14-6-5-7-15(12-14)21(23)24)13-20-11-4-2-9-17(20)16-8-1-3-10-19-16/h14-17,19,21,23H,1-13H2/p+1. The number of rotatable bonds is 5. The van der Waals surface area contributed by atoms with E-state index in [2.05, 4.69) is 5.32 Å². The summed E-state index contributed by atoms with van der Waals surface area (Å²) < 4.78 is 0. The number of piperidine rings is 2. The van der Waals surface area contributed by atoms with Gasteiger partial charge in [-0.3, -0.25) is 4.79 Å². The van der Waals surface area contributed by atoms with E-state index < -0.39 is 5.23 Å². The van der Waals surface area contributed by atoms with E-state index in [4.69, 9.17) is 0 Å². The van der Waals surface area contributed by atoms with Gasteiger partial charge in [-0.15, -0.1) is 0 Å². The highest BCUT2D eigenvalue weighted by molar-refractivity contribution is 5.82. The second-order valence-corrected chi connectivity index (χ2v) is 8.11. The smallest absolute Gasteiger partial charge is 0.190 e. The first-order valence-corrected chi connectivity index (χ1v) is 9.98. The van der Waals surface area contributed by atoms with Crippen molar-refractivity contribution < 1.29 is 20.1 Å². The van der Waals surface area contributed by atoms with E-state index in [1.165, 1.54) is 43.4 Å². The van der Waals surface area contributed by atoms with Crippen LogP contribution < -0.4 is 15.4 Å². The van der Waals surface area contributed by atoms with Crippen LogP contribution in [0.15, 0.2) is 0 Å². The highest BCUT2D eigenvalue weighted by atomic mass is 16.8. The van der Waals surface area contributed by atoms with Crippen LogP contribution in [-0.2, 0) is 4.79 Å². The maximum Gasteiger partial charge on any atom is 0.190 e. The minimum atomic E-state index is -0.720. The Labute approximate surface area is 145 Å². The molecular weight excluding hydrogens is 306 g/mol. The molecule has 1 saturated carbocycles. The summed E-state index contributed by atoms with van der Waals surface area (Å²) >= 11 is 0. The quantitative estimate of drug-likeness (QED) is 0.507. The Morgan fingerprint density at radius 2 is 1.96 bits per heavy atom. The summed E-state index contributed by atoms with van der Waals surface area (Å²) in [6, 6.07) is 0.835. The molecule has 3 fully saturated rings. The Bertz CT molecular complexity index is 412. The number of Topliss-reactive ketones (excluding diaryl/α,β-unsaturated/α-hetero) is 1. The third-order valence-electron chi connectivity index (χ3n) is 6.50. The molecule has 6 unspecified atom stereocenters. The summed E-state index contributed by atoms with van der Waals surface area (Å²) in [7, 11) is 0. The van der Waals surface area contributed by atoms with Crippen molar-refractivity contribution in [3.05, 3.63) is 5.21 Å². The van der Waals surface area contributed by atoms with Gasteiger partial charge >= 0.3 is 0 Å². The zero-order chi connectivity index (χ0) is 16.9. The monoisotopic (exact) mass is 340 g/mol. The van der Waals surface area contributed by atoms with E-state index in [1.807, 2.05) is 0 Å². The van der Waals surface area contributed by atoms with Crippen LogP contribution in [0.5, 0.6) is 0 Å². The number of quaternary nitrogens is 2. The van der Waals surface area contributed by atoms with Crippen LogP contribution in [0.25, 0.3) is 0 Å². The predicted molar refractivity (Wildman–Crippen MR) is 90.8 cm³/mol. The molecule has 0 aromatic heterocycles. The van der Waals surface area contributed by atoms with Crippen LogP contribution in [0.1, 0.15) is 64.2 Å². The number of hydroxylamine groups is 2. The predicted octanol–water partition coefficient (Wildman–Crippen LogP) is -0.534. The number of nitrogens with one attached hydrogen (secondary N) is 3. The number of hydrogen-bond acceptors (Lipinski definition) is 4. The lowest BCUT2D eigenvalue weighted by atomic mass is 9.82. The van der Waals surface area contributed by atoms with Crippen molar-refractivity contribution in [3.63, 3.8) is 0 Å². The number of likely N-dealkylation sites (tertiary alicyclic amines) is 1. The van der Waals surface area contributed by atoms with Crippen molar-refractivity contribution in [2.45, 2.75) is 82.3 Å². The van der Waals surface area contributed by atoms with Crippen molar-refractivity contribution in [3.8, 4) is 0 Å². The molecule has 1 aliphatic carbocycles. The lowest BCUT2D eigenvalue weighted by Gasteiger charge is -2.40. The van der Waals surface area contributed by atoms with Gasteiger partial charge in [0, 0.05) is 25.2 Å². The Morgan fingerprint density at radius 3 is 2.71 bits per heavy atom. The molecule has 0 radical (unpaired) electrons. The van der Waals surface area contributed by atoms with E-state index in [0.717, 1.165) is 32.4 Å². The Morgan fingerprint density at radius 1 is 1.12 bits per heavy atom. The molecule has 6 atom stereocenters. The summed E-state index contributed by atoms with van der Waals surface area (Å²) in [6.45, 7) is 2.83. The first kappa shape index (κ1) is 18.3. The number of carbonyl (C=O) groups is 1. The minimum absolute atomic E-state index is 0.0192. The highest BCUT2D eigenvalue weighted by Crippen LogP contribution is 2.23. The van der Waals surface area contributed by atoms with Gasteiger partial charge in [-0.05, 0) is 45.1 Å². The molecule has 0 aromatic rings. The second kappa shape index (κ2) is 8.72. The van der Waals surface area contributed by atoms with Gasteiger partial charge in [0.2, 0.25) is 0 Å². The molecule has 6 nitrogen and oxygen atoms in total. The van der Waals surface area contributed by atoms with Crippen LogP contribution in [0, 0.1) is 11.1 Å². The third-order valence-corrected chi connectivity index (χ3v) is 6.50. The van der Waals surface area contributed by atoms with Gasteiger partial charge in [0.1, 0.15) is 18.6 Å². The fourth-order valence-electron chi connectivity index (χ4n) is 5.11. The van der Waals surface area contributed by atoms with Crippen LogP contribution in [0.2, 0.25) is 0 Å². The van der Waals surface area contributed by atoms with Crippen molar-refractivity contribution >= 4 is 5.78 Å². The average Bonchev–Trinajstić information content (AvgIpc) is 2.63.